The monoisotopic (exact) mass is 417 g/mol. The molecule has 0 aliphatic carbocycles. The molecule has 0 spiro atoms. The van der Waals surface area contributed by atoms with Crippen LogP contribution in [-0.2, 0) is 11.4 Å². The number of thioether (sulfide) groups is 1. The fourth-order valence-corrected chi connectivity index (χ4v) is 3.89. The van der Waals surface area contributed by atoms with E-state index in [9.17, 15) is 9.59 Å². The molecule has 1 saturated heterocycles. The van der Waals surface area contributed by atoms with Crippen LogP contribution in [0.15, 0.2) is 83.8 Å². The number of amides is 2. The summed E-state index contributed by atoms with van der Waals surface area (Å²) >= 11 is 0.923. The van der Waals surface area contributed by atoms with Crippen molar-refractivity contribution >= 4 is 34.7 Å². The van der Waals surface area contributed by atoms with E-state index in [4.69, 9.17) is 9.47 Å². The van der Waals surface area contributed by atoms with Gasteiger partial charge < -0.3 is 9.47 Å². The van der Waals surface area contributed by atoms with Gasteiger partial charge in [0.05, 0.1) is 17.7 Å². The Morgan fingerprint density at radius 1 is 0.900 bits per heavy atom. The van der Waals surface area contributed by atoms with Crippen molar-refractivity contribution in [3.63, 3.8) is 0 Å². The Labute approximate surface area is 178 Å². The lowest BCUT2D eigenvalue weighted by molar-refractivity contribution is -0.113. The van der Waals surface area contributed by atoms with Gasteiger partial charge in [-0.2, -0.15) is 0 Å². The van der Waals surface area contributed by atoms with Crippen molar-refractivity contribution in [3.05, 3.63) is 94.9 Å². The first-order valence-corrected chi connectivity index (χ1v) is 10.1. The number of anilines is 1. The average Bonchev–Trinajstić information content (AvgIpc) is 3.06. The standard InChI is InChI=1S/C24H19NO4S/c1-28-21-14-18(12-13-20(21)29-16-17-8-4-2-5-9-17)15-22-23(26)25(24(27)30-22)19-10-6-3-7-11-19/h2-15H,16H2,1H3/b22-15+. The van der Waals surface area contributed by atoms with Gasteiger partial charge in [0, 0.05) is 0 Å². The van der Waals surface area contributed by atoms with Crippen LogP contribution in [0.1, 0.15) is 11.1 Å². The van der Waals surface area contributed by atoms with Crippen LogP contribution in [0.2, 0.25) is 0 Å². The second-order valence-corrected chi connectivity index (χ2v) is 7.53. The van der Waals surface area contributed by atoms with Crippen LogP contribution < -0.4 is 14.4 Å². The number of hydrogen-bond donors (Lipinski definition) is 0. The summed E-state index contributed by atoms with van der Waals surface area (Å²) in [5.74, 6) is 0.831. The molecule has 30 heavy (non-hydrogen) atoms. The van der Waals surface area contributed by atoms with E-state index in [-0.39, 0.29) is 11.1 Å². The first kappa shape index (κ1) is 19.8. The zero-order chi connectivity index (χ0) is 20.9. The van der Waals surface area contributed by atoms with Gasteiger partial charge in [-0.25, -0.2) is 4.90 Å². The smallest absolute Gasteiger partial charge is 0.298 e. The molecule has 1 fully saturated rings. The molecule has 0 N–H and O–H groups in total. The number of hydrogen-bond acceptors (Lipinski definition) is 5. The summed E-state index contributed by atoms with van der Waals surface area (Å²) in [5.41, 5.74) is 2.36. The Bertz CT molecular complexity index is 1100. The molecule has 0 atom stereocenters. The molecular formula is C24H19NO4S. The fourth-order valence-electron chi connectivity index (χ4n) is 3.05. The molecule has 1 aliphatic heterocycles. The van der Waals surface area contributed by atoms with E-state index in [1.807, 2.05) is 42.5 Å². The number of rotatable bonds is 6. The zero-order valence-corrected chi connectivity index (χ0v) is 17.1. The Hall–Kier alpha value is -3.51. The predicted octanol–water partition coefficient (Wildman–Crippen LogP) is 5.52. The SMILES string of the molecule is COc1cc(/C=C2/SC(=O)N(c3ccccc3)C2=O)ccc1OCc1ccccc1. The van der Waals surface area contributed by atoms with Gasteiger partial charge in [-0.1, -0.05) is 54.6 Å². The van der Waals surface area contributed by atoms with Crippen LogP contribution in [0.5, 0.6) is 11.5 Å². The number of carbonyl (C=O) groups is 2. The molecule has 1 aliphatic rings. The van der Waals surface area contributed by atoms with E-state index in [0.717, 1.165) is 22.9 Å². The fraction of sp³-hybridized carbons (Fsp3) is 0.0833. The van der Waals surface area contributed by atoms with Crippen LogP contribution in [0.3, 0.4) is 0 Å². The molecule has 0 radical (unpaired) electrons. The van der Waals surface area contributed by atoms with Crippen LogP contribution >= 0.6 is 11.8 Å². The van der Waals surface area contributed by atoms with Gasteiger partial charge in [-0.15, -0.1) is 0 Å². The van der Waals surface area contributed by atoms with Crippen molar-refractivity contribution in [1.29, 1.82) is 0 Å². The maximum absolute atomic E-state index is 12.8. The van der Waals surface area contributed by atoms with Gasteiger partial charge in [0.15, 0.2) is 11.5 Å². The van der Waals surface area contributed by atoms with Crippen molar-refractivity contribution in [3.8, 4) is 11.5 Å². The lowest BCUT2D eigenvalue weighted by Crippen LogP contribution is -2.27. The summed E-state index contributed by atoms with van der Waals surface area (Å²) in [7, 11) is 1.57. The van der Waals surface area contributed by atoms with Gasteiger partial charge in [0.2, 0.25) is 0 Å². The Kier molecular flexibility index (Phi) is 5.86. The van der Waals surface area contributed by atoms with Crippen molar-refractivity contribution in [1.82, 2.24) is 0 Å². The van der Waals surface area contributed by atoms with E-state index in [2.05, 4.69) is 0 Å². The molecule has 0 unspecified atom stereocenters. The number of methoxy groups -OCH3 is 1. The highest BCUT2D eigenvalue weighted by atomic mass is 32.2. The largest absolute Gasteiger partial charge is 0.493 e. The van der Waals surface area contributed by atoms with Gasteiger partial charge in [0.1, 0.15) is 6.61 Å². The maximum Gasteiger partial charge on any atom is 0.298 e. The second-order valence-electron chi connectivity index (χ2n) is 6.54. The minimum atomic E-state index is -0.334. The van der Waals surface area contributed by atoms with Crippen molar-refractivity contribution < 1.29 is 19.1 Å². The molecule has 150 valence electrons. The van der Waals surface area contributed by atoms with Gasteiger partial charge in [0.25, 0.3) is 11.1 Å². The average molecular weight is 417 g/mol. The summed E-state index contributed by atoms with van der Waals surface area (Å²) in [6.07, 6.45) is 1.69. The first-order valence-electron chi connectivity index (χ1n) is 9.33. The third kappa shape index (κ3) is 4.23. The maximum atomic E-state index is 12.8. The van der Waals surface area contributed by atoms with Gasteiger partial charge >= 0.3 is 0 Å². The number of benzene rings is 3. The lowest BCUT2D eigenvalue weighted by Gasteiger charge is -2.12. The third-order valence-electron chi connectivity index (χ3n) is 4.53. The predicted molar refractivity (Wildman–Crippen MR) is 119 cm³/mol. The summed E-state index contributed by atoms with van der Waals surface area (Å²) < 4.78 is 11.3. The molecule has 0 aromatic heterocycles. The highest BCUT2D eigenvalue weighted by molar-refractivity contribution is 8.19. The molecular weight excluding hydrogens is 398 g/mol. The summed E-state index contributed by atoms with van der Waals surface area (Å²) in [4.78, 5) is 26.7. The quantitative estimate of drug-likeness (QED) is 0.495. The van der Waals surface area contributed by atoms with E-state index in [1.54, 1.807) is 49.6 Å². The normalized spacial score (nSPS) is 15.0. The molecule has 1 heterocycles. The molecule has 3 aromatic rings. The van der Waals surface area contributed by atoms with Gasteiger partial charge in [-0.3, -0.25) is 9.59 Å². The van der Waals surface area contributed by atoms with Crippen molar-refractivity contribution in [2.45, 2.75) is 6.61 Å². The highest BCUT2D eigenvalue weighted by Gasteiger charge is 2.36. The Balaban J connectivity index is 1.53. The van der Waals surface area contributed by atoms with Gasteiger partial charge in [-0.05, 0) is 53.2 Å². The molecule has 2 amide bonds. The molecule has 0 saturated carbocycles. The van der Waals surface area contributed by atoms with Crippen LogP contribution in [0.25, 0.3) is 6.08 Å². The molecule has 3 aromatic carbocycles. The van der Waals surface area contributed by atoms with E-state index >= 15 is 0 Å². The minimum absolute atomic E-state index is 0.313. The molecule has 5 nitrogen and oxygen atoms in total. The summed E-state index contributed by atoms with van der Waals surface area (Å²) in [6.45, 7) is 0.423. The van der Waals surface area contributed by atoms with Crippen LogP contribution in [-0.4, -0.2) is 18.3 Å². The van der Waals surface area contributed by atoms with E-state index in [1.165, 1.54) is 4.90 Å². The van der Waals surface area contributed by atoms with Crippen molar-refractivity contribution in [2.24, 2.45) is 0 Å². The van der Waals surface area contributed by atoms with Crippen LogP contribution in [0, 0.1) is 0 Å². The Morgan fingerprint density at radius 3 is 2.30 bits per heavy atom. The number of para-hydroxylation sites is 1. The Morgan fingerprint density at radius 2 is 1.60 bits per heavy atom. The van der Waals surface area contributed by atoms with E-state index < -0.39 is 0 Å². The van der Waals surface area contributed by atoms with Crippen molar-refractivity contribution in [2.75, 3.05) is 12.0 Å². The summed E-state index contributed by atoms with van der Waals surface area (Å²) in [5, 5.41) is -0.313. The zero-order valence-electron chi connectivity index (χ0n) is 16.3. The topological polar surface area (TPSA) is 55.8 Å². The third-order valence-corrected chi connectivity index (χ3v) is 5.40. The molecule has 4 rings (SSSR count). The number of carbonyl (C=O) groups excluding carboxylic acids is 2. The molecule has 6 heteroatoms. The number of nitrogens with zero attached hydrogens (tertiary/aromatic N) is 1. The number of imide groups is 1. The van der Waals surface area contributed by atoms with E-state index in [0.29, 0.717) is 28.7 Å². The molecule has 0 bridgehead atoms. The first-order chi connectivity index (χ1) is 14.7. The minimum Gasteiger partial charge on any atom is -0.493 e. The second kappa shape index (κ2) is 8.88. The highest BCUT2D eigenvalue weighted by Crippen LogP contribution is 2.37. The summed E-state index contributed by atoms with van der Waals surface area (Å²) in [6, 6.07) is 24.2. The van der Waals surface area contributed by atoms with Crippen LogP contribution in [0.4, 0.5) is 10.5 Å². The number of ether oxygens (including phenoxy) is 2. The lowest BCUT2D eigenvalue weighted by atomic mass is 10.1.